The lowest BCUT2D eigenvalue weighted by Crippen LogP contribution is -3.29. The van der Waals surface area contributed by atoms with Gasteiger partial charge in [-0.25, -0.2) is 0 Å². The number of hydrogen-bond acceptors (Lipinski definition) is 0. The summed E-state index contributed by atoms with van der Waals surface area (Å²) in [7, 11) is 0. The van der Waals surface area contributed by atoms with E-state index in [2.05, 4.69) is 0 Å². The van der Waals surface area contributed by atoms with Gasteiger partial charge in [0.1, 0.15) is 0 Å². The van der Waals surface area contributed by atoms with Crippen molar-refractivity contribution in [2.24, 2.45) is 115 Å². The summed E-state index contributed by atoms with van der Waals surface area (Å²) in [6.07, 6.45) is 6.91. The first-order chi connectivity index (χ1) is 11.9. The molecule has 6 spiro atoms. The molecule has 118 valence electrons. The molecule has 0 N–H and O–H groups in total. The Labute approximate surface area is 141 Å². The maximum Gasteiger partial charge on any atom is -0.00933 e. The molecule has 0 radical (unpaired) electrons. The van der Waals surface area contributed by atoms with Crippen LogP contribution in [0.2, 0.25) is 0 Å². The molecule has 12 unspecified atom stereocenters. The predicted molar refractivity (Wildman–Crippen MR) is 81.9 cm³/mol. The van der Waals surface area contributed by atoms with Crippen molar-refractivity contribution in [3.05, 3.63) is 0 Å². The molecular formula is C24H22. The van der Waals surface area contributed by atoms with Crippen LogP contribution in [0.1, 0.15) is 25.7 Å². The van der Waals surface area contributed by atoms with Crippen LogP contribution >= 0.6 is 0 Å². The zero-order valence-corrected chi connectivity index (χ0v) is 13.9. The fraction of sp³-hybridized carbons (Fsp3) is 1.00. The average Bonchev–Trinajstić information content (AvgIpc) is 2.45. The van der Waals surface area contributed by atoms with Crippen LogP contribution in [0.4, 0.5) is 0 Å². The zero-order chi connectivity index (χ0) is 13.9. The molecule has 0 aliphatic heterocycles. The molecule has 0 saturated heterocycles. The number of rotatable bonds is 0. The normalized spacial score (nSPS) is 115. The van der Waals surface area contributed by atoms with Gasteiger partial charge in [0, 0.05) is 0 Å². The van der Waals surface area contributed by atoms with Crippen LogP contribution in [0.3, 0.4) is 0 Å². The Morgan fingerprint density at radius 2 is 0.708 bits per heavy atom. The molecule has 0 aromatic carbocycles. The number of hydrogen-bond donors (Lipinski definition) is 0. The molecule has 14 aliphatic carbocycles. The van der Waals surface area contributed by atoms with E-state index in [4.69, 9.17) is 0 Å². The fourth-order valence-electron chi connectivity index (χ4n) is 20.1. The first-order valence-electron chi connectivity index (χ1n) is 11.9. The van der Waals surface area contributed by atoms with Crippen molar-refractivity contribution in [1.29, 1.82) is 0 Å². The van der Waals surface area contributed by atoms with Crippen molar-refractivity contribution < 1.29 is 0 Å². The molecule has 0 heterocycles. The molecule has 14 rings (SSSR count). The van der Waals surface area contributed by atoms with Gasteiger partial charge in [0.25, 0.3) is 0 Å². The molecule has 12 atom stereocenters. The van der Waals surface area contributed by atoms with Crippen LogP contribution < -0.4 is 0 Å². The van der Waals surface area contributed by atoms with E-state index in [1.54, 1.807) is 25.7 Å². The average molecular weight is 310 g/mol. The topological polar surface area (TPSA) is 0 Å². The third kappa shape index (κ3) is 0.283. The zero-order valence-electron chi connectivity index (χ0n) is 13.9. The minimum atomic E-state index is 1.08. The standard InChI is InChI=1S/C24H22/c1-5-2-8-12-17-18-14-10-4-6-3-9-13-16-15-11-7(1)19(5,8)21(11,12)23(15,17)24(16,18)22(13,14)20(6,9)10/h5-18H,1-4H2. The summed E-state index contributed by atoms with van der Waals surface area (Å²) < 4.78 is 0. The summed E-state index contributed by atoms with van der Waals surface area (Å²) in [6, 6.07) is 0. The van der Waals surface area contributed by atoms with E-state index in [0.717, 1.165) is 32.5 Å². The van der Waals surface area contributed by atoms with Crippen molar-refractivity contribution >= 4 is 0 Å². The van der Waals surface area contributed by atoms with E-state index in [9.17, 15) is 0 Å². The molecule has 0 bridgehead atoms. The van der Waals surface area contributed by atoms with E-state index >= 15 is 0 Å². The van der Waals surface area contributed by atoms with Crippen LogP contribution in [0.15, 0.2) is 0 Å². The van der Waals surface area contributed by atoms with Crippen molar-refractivity contribution in [2.45, 2.75) is 25.7 Å². The van der Waals surface area contributed by atoms with Crippen molar-refractivity contribution in [3.8, 4) is 0 Å². The van der Waals surface area contributed by atoms with Crippen LogP contribution in [0.25, 0.3) is 0 Å². The van der Waals surface area contributed by atoms with Crippen molar-refractivity contribution in [1.82, 2.24) is 0 Å². The van der Waals surface area contributed by atoms with Gasteiger partial charge in [0.05, 0.1) is 0 Å². The van der Waals surface area contributed by atoms with Gasteiger partial charge in [-0.1, -0.05) is 0 Å². The minimum absolute atomic E-state index is 1.08. The van der Waals surface area contributed by atoms with Crippen molar-refractivity contribution in [3.63, 3.8) is 0 Å². The minimum Gasteiger partial charge on any atom is -0.0461 e. The van der Waals surface area contributed by atoms with Gasteiger partial charge in [-0.3, -0.25) is 0 Å². The summed E-state index contributed by atoms with van der Waals surface area (Å²) >= 11 is 0. The highest BCUT2D eigenvalue weighted by atomic mass is 15.3. The Morgan fingerprint density at radius 3 is 1.00 bits per heavy atom. The first-order valence-corrected chi connectivity index (χ1v) is 11.9. The third-order valence-corrected chi connectivity index (χ3v) is 17.7. The molecule has 24 heavy (non-hydrogen) atoms. The highest BCUT2D eigenvalue weighted by Gasteiger charge is 3.29. The molecular weight excluding hydrogens is 288 g/mol. The largest absolute Gasteiger partial charge is 0.0461 e. The van der Waals surface area contributed by atoms with E-state index in [-0.39, 0.29) is 0 Å². The van der Waals surface area contributed by atoms with E-state index in [0.29, 0.717) is 0 Å². The van der Waals surface area contributed by atoms with Gasteiger partial charge >= 0.3 is 0 Å². The maximum atomic E-state index is 1.73. The predicted octanol–water partition coefficient (Wildman–Crippen LogP) is 3.28. The second-order valence-corrected chi connectivity index (χ2v) is 14.3. The summed E-state index contributed by atoms with van der Waals surface area (Å²) in [6.45, 7) is 0. The molecule has 0 nitrogen and oxygen atoms in total. The van der Waals surface area contributed by atoms with Gasteiger partial charge < -0.3 is 0 Å². The lowest BCUT2D eigenvalue weighted by atomic mass is 8.72. The second kappa shape index (κ2) is 1.66. The Hall–Kier alpha value is 0. The lowest BCUT2D eigenvalue weighted by molar-refractivity contribution is -0.857. The molecule has 14 fully saturated rings. The molecule has 0 aromatic heterocycles. The smallest absolute Gasteiger partial charge is 0.00933 e. The van der Waals surface area contributed by atoms with Crippen LogP contribution in [-0.2, 0) is 0 Å². The van der Waals surface area contributed by atoms with E-state index in [1.807, 2.05) is 0 Å². The highest BCUT2D eigenvalue weighted by Crippen LogP contribution is 3.31. The van der Waals surface area contributed by atoms with Crippen LogP contribution in [0, 0.1) is 115 Å². The molecule has 0 aromatic rings. The van der Waals surface area contributed by atoms with Gasteiger partial charge in [0.15, 0.2) is 0 Å². The van der Waals surface area contributed by atoms with Crippen LogP contribution in [-0.4, -0.2) is 0 Å². The van der Waals surface area contributed by atoms with Crippen LogP contribution in [0.5, 0.6) is 0 Å². The van der Waals surface area contributed by atoms with Gasteiger partial charge in [-0.15, -0.1) is 0 Å². The maximum absolute atomic E-state index is 1.73. The fourth-order valence-corrected chi connectivity index (χ4v) is 20.1. The second-order valence-electron chi connectivity index (χ2n) is 14.3. The molecule has 14 saturated carbocycles. The Morgan fingerprint density at radius 1 is 0.375 bits per heavy atom. The van der Waals surface area contributed by atoms with Crippen molar-refractivity contribution in [2.75, 3.05) is 0 Å². The summed E-state index contributed by atoms with van der Waals surface area (Å²) in [5, 5.41) is 0. The quantitative estimate of drug-likeness (QED) is 0.644. The van der Waals surface area contributed by atoms with E-state index < -0.39 is 0 Å². The summed E-state index contributed by atoms with van der Waals surface area (Å²) in [5.41, 5.74) is 6.55. The molecule has 14 aliphatic rings. The van der Waals surface area contributed by atoms with Gasteiger partial charge in [0.2, 0.25) is 0 Å². The Kier molecular flexibility index (Phi) is 0.640. The third-order valence-electron chi connectivity index (χ3n) is 17.7. The SMILES string of the molecule is C1C2CC3C4C5C6C7C8CC9CC%10C%11C%12C%13C%14C1C23C%144C%135C%126C%117C9%108. The van der Waals surface area contributed by atoms with E-state index in [1.165, 1.54) is 82.9 Å². The van der Waals surface area contributed by atoms with Gasteiger partial charge in [-0.2, -0.15) is 0 Å². The summed E-state index contributed by atoms with van der Waals surface area (Å²) in [5.74, 6) is 18.7. The molecule has 0 amide bonds. The Bertz CT molecular complexity index is 893. The summed E-state index contributed by atoms with van der Waals surface area (Å²) in [4.78, 5) is 0. The lowest BCUT2D eigenvalue weighted by Gasteiger charge is -3.31. The molecule has 0 heteroatoms. The highest BCUT2D eigenvalue weighted by molar-refractivity contribution is 5.75. The Balaban J connectivity index is 1.14. The van der Waals surface area contributed by atoms with Gasteiger partial charge in [-0.05, 0) is 141 Å². The number of fused-ring (bicyclic) bond motifs is 10. The first kappa shape index (κ1) is 9.27. The monoisotopic (exact) mass is 310 g/mol.